The van der Waals surface area contributed by atoms with Crippen molar-refractivity contribution in [2.45, 2.75) is 25.0 Å². The molecule has 1 aromatic carbocycles. The SMILES string of the molecule is CS(=O)(=O)NC1CCN(CC(O)c2ccc(F)cc2F)CC1. The molecule has 124 valence electrons. The Kier molecular flexibility index (Phi) is 5.49. The molecule has 1 aliphatic rings. The average molecular weight is 334 g/mol. The van der Waals surface area contributed by atoms with Crippen LogP contribution in [0.4, 0.5) is 8.78 Å². The Hall–Kier alpha value is -1.09. The smallest absolute Gasteiger partial charge is 0.208 e. The first-order valence-electron chi connectivity index (χ1n) is 7.07. The molecule has 0 aliphatic carbocycles. The third kappa shape index (κ3) is 4.98. The van der Waals surface area contributed by atoms with Crippen LogP contribution in [0.15, 0.2) is 18.2 Å². The van der Waals surface area contributed by atoms with Crippen molar-refractivity contribution in [2.75, 3.05) is 25.9 Å². The van der Waals surface area contributed by atoms with E-state index >= 15 is 0 Å². The maximum atomic E-state index is 13.6. The summed E-state index contributed by atoms with van der Waals surface area (Å²) in [7, 11) is -3.22. The average Bonchev–Trinajstić information content (AvgIpc) is 2.39. The van der Waals surface area contributed by atoms with Crippen LogP contribution in [0.2, 0.25) is 0 Å². The zero-order chi connectivity index (χ0) is 16.3. The standard InChI is InChI=1S/C14H20F2N2O3S/c1-22(20,21)17-11-4-6-18(7-5-11)9-14(19)12-3-2-10(15)8-13(12)16/h2-3,8,11,14,17,19H,4-7,9H2,1H3. The van der Waals surface area contributed by atoms with Gasteiger partial charge in [0.15, 0.2) is 0 Å². The summed E-state index contributed by atoms with van der Waals surface area (Å²) in [5.41, 5.74) is 0.0674. The first-order valence-corrected chi connectivity index (χ1v) is 8.96. The highest BCUT2D eigenvalue weighted by Crippen LogP contribution is 2.21. The topological polar surface area (TPSA) is 69.6 Å². The minimum absolute atomic E-state index is 0.0674. The lowest BCUT2D eigenvalue weighted by Gasteiger charge is -2.33. The van der Waals surface area contributed by atoms with Crippen LogP contribution in [0.1, 0.15) is 24.5 Å². The number of aliphatic hydroxyl groups excluding tert-OH is 1. The van der Waals surface area contributed by atoms with Crippen LogP contribution in [0.3, 0.4) is 0 Å². The van der Waals surface area contributed by atoms with Crippen molar-refractivity contribution >= 4 is 10.0 Å². The van der Waals surface area contributed by atoms with Crippen molar-refractivity contribution in [3.8, 4) is 0 Å². The number of benzene rings is 1. The van der Waals surface area contributed by atoms with Gasteiger partial charge in [0.05, 0.1) is 12.4 Å². The number of rotatable bonds is 5. The van der Waals surface area contributed by atoms with Crippen LogP contribution >= 0.6 is 0 Å². The number of β-amino-alcohol motifs (C(OH)–C–C–N with tert-alkyl or cyclic N) is 1. The molecule has 0 amide bonds. The van der Waals surface area contributed by atoms with Crippen molar-refractivity contribution in [3.05, 3.63) is 35.4 Å². The molecule has 1 heterocycles. The van der Waals surface area contributed by atoms with E-state index in [-0.39, 0.29) is 18.2 Å². The lowest BCUT2D eigenvalue weighted by molar-refractivity contribution is 0.0938. The first-order chi connectivity index (χ1) is 10.2. The summed E-state index contributed by atoms with van der Waals surface area (Å²) in [6.07, 6.45) is 1.35. The van der Waals surface area contributed by atoms with Gasteiger partial charge in [0.1, 0.15) is 11.6 Å². The van der Waals surface area contributed by atoms with Gasteiger partial charge in [0, 0.05) is 24.2 Å². The number of nitrogens with zero attached hydrogens (tertiary/aromatic N) is 1. The summed E-state index contributed by atoms with van der Waals surface area (Å²) in [5.74, 6) is -1.44. The molecule has 0 spiro atoms. The maximum absolute atomic E-state index is 13.6. The number of hydrogen-bond acceptors (Lipinski definition) is 4. The molecule has 1 saturated heterocycles. The number of hydrogen-bond donors (Lipinski definition) is 2. The third-order valence-electron chi connectivity index (χ3n) is 3.72. The number of sulfonamides is 1. The van der Waals surface area contributed by atoms with E-state index in [2.05, 4.69) is 4.72 Å². The van der Waals surface area contributed by atoms with Gasteiger partial charge < -0.3 is 10.0 Å². The molecule has 1 aromatic rings. The van der Waals surface area contributed by atoms with Gasteiger partial charge in [-0.15, -0.1) is 0 Å². The van der Waals surface area contributed by atoms with Crippen molar-refractivity contribution in [1.29, 1.82) is 0 Å². The number of aliphatic hydroxyl groups is 1. The highest BCUT2D eigenvalue weighted by molar-refractivity contribution is 7.88. The third-order valence-corrected chi connectivity index (χ3v) is 4.48. The van der Waals surface area contributed by atoms with E-state index in [1.165, 1.54) is 6.07 Å². The van der Waals surface area contributed by atoms with Crippen molar-refractivity contribution in [3.63, 3.8) is 0 Å². The summed E-state index contributed by atoms with van der Waals surface area (Å²) in [6.45, 7) is 1.44. The van der Waals surface area contributed by atoms with Gasteiger partial charge >= 0.3 is 0 Å². The molecule has 0 bridgehead atoms. The Morgan fingerprint density at radius 3 is 2.55 bits per heavy atom. The maximum Gasteiger partial charge on any atom is 0.208 e. The minimum Gasteiger partial charge on any atom is -0.387 e. The van der Waals surface area contributed by atoms with Crippen LogP contribution in [-0.2, 0) is 10.0 Å². The Labute approximate surface area is 129 Å². The summed E-state index contributed by atoms with van der Waals surface area (Å²) in [5, 5.41) is 10.1. The lowest BCUT2D eigenvalue weighted by atomic mass is 10.0. The van der Waals surface area contributed by atoms with Crippen LogP contribution in [0.5, 0.6) is 0 Å². The molecule has 5 nitrogen and oxygen atoms in total. The second kappa shape index (κ2) is 6.99. The molecule has 2 rings (SSSR count). The summed E-state index contributed by atoms with van der Waals surface area (Å²) in [4.78, 5) is 1.94. The molecule has 1 fully saturated rings. The summed E-state index contributed by atoms with van der Waals surface area (Å²) in [6, 6.07) is 3.00. The number of halogens is 2. The van der Waals surface area contributed by atoms with Crippen LogP contribution in [0.25, 0.3) is 0 Å². The molecule has 0 aromatic heterocycles. The molecule has 8 heteroatoms. The monoisotopic (exact) mass is 334 g/mol. The lowest BCUT2D eigenvalue weighted by Crippen LogP contribution is -2.45. The summed E-state index contributed by atoms with van der Waals surface area (Å²) >= 11 is 0. The van der Waals surface area contributed by atoms with Crippen molar-refractivity contribution in [1.82, 2.24) is 9.62 Å². The molecule has 0 saturated carbocycles. The van der Waals surface area contributed by atoms with Gasteiger partial charge in [0.2, 0.25) is 10.0 Å². The Morgan fingerprint density at radius 2 is 2.00 bits per heavy atom. The largest absolute Gasteiger partial charge is 0.387 e. The second-order valence-electron chi connectivity index (χ2n) is 5.65. The summed E-state index contributed by atoms with van der Waals surface area (Å²) < 4.78 is 51.4. The van der Waals surface area contributed by atoms with E-state index in [1.807, 2.05) is 4.90 Å². The van der Waals surface area contributed by atoms with E-state index < -0.39 is 27.8 Å². The Morgan fingerprint density at radius 1 is 1.36 bits per heavy atom. The molecular formula is C14H20F2N2O3S. The van der Waals surface area contributed by atoms with Gasteiger partial charge in [-0.05, 0) is 32.0 Å². The Bertz CT molecular complexity index is 617. The van der Waals surface area contributed by atoms with E-state index in [0.717, 1.165) is 18.4 Å². The fourth-order valence-corrected chi connectivity index (χ4v) is 3.49. The van der Waals surface area contributed by atoms with Gasteiger partial charge in [0.25, 0.3) is 0 Å². The van der Waals surface area contributed by atoms with Gasteiger partial charge in [-0.25, -0.2) is 21.9 Å². The Balaban J connectivity index is 1.87. The molecule has 0 radical (unpaired) electrons. The van der Waals surface area contributed by atoms with Gasteiger partial charge in [-0.3, -0.25) is 0 Å². The van der Waals surface area contributed by atoms with Crippen LogP contribution < -0.4 is 4.72 Å². The van der Waals surface area contributed by atoms with E-state index in [4.69, 9.17) is 0 Å². The second-order valence-corrected chi connectivity index (χ2v) is 7.43. The van der Waals surface area contributed by atoms with Crippen LogP contribution in [0, 0.1) is 11.6 Å². The molecule has 1 aliphatic heterocycles. The van der Waals surface area contributed by atoms with Crippen LogP contribution in [-0.4, -0.2) is 50.4 Å². The normalized spacial score (nSPS) is 19.3. The van der Waals surface area contributed by atoms with E-state index in [1.54, 1.807) is 0 Å². The molecule has 1 unspecified atom stereocenters. The first kappa shape index (κ1) is 17.3. The van der Waals surface area contributed by atoms with Crippen molar-refractivity contribution < 1.29 is 22.3 Å². The molecular weight excluding hydrogens is 314 g/mol. The predicted molar refractivity (Wildman–Crippen MR) is 78.8 cm³/mol. The predicted octanol–water partition coefficient (Wildman–Crippen LogP) is 1.01. The fourth-order valence-electron chi connectivity index (χ4n) is 2.65. The van der Waals surface area contributed by atoms with Crippen molar-refractivity contribution in [2.24, 2.45) is 0 Å². The zero-order valence-electron chi connectivity index (χ0n) is 12.3. The number of likely N-dealkylation sites (tertiary alicyclic amines) is 1. The number of piperidine rings is 1. The minimum atomic E-state index is -3.22. The molecule has 1 atom stereocenters. The highest BCUT2D eigenvalue weighted by atomic mass is 32.2. The molecule has 2 N–H and O–H groups in total. The highest BCUT2D eigenvalue weighted by Gasteiger charge is 2.24. The zero-order valence-corrected chi connectivity index (χ0v) is 13.1. The van der Waals surface area contributed by atoms with E-state index in [9.17, 15) is 22.3 Å². The van der Waals surface area contributed by atoms with E-state index in [0.29, 0.717) is 25.9 Å². The van der Waals surface area contributed by atoms with Gasteiger partial charge in [-0.1, -0.05) is 6.07 Å². The quantitative estimate of drug-likeness (QED) is 0.843. The number of nitrogens with one attached hydrogen (secondary N) is 1. The molecule has 22 heavy (non-hydrogen) atoms. The van der Waals surface area contributed by atoms with Gasteiger partial charge in [-0.2, -0.15) is 0 Å². The fraction of sp³-hybridized carbons (Fsp3) is 0.571.